The van der Waals surface area contributed by atoms with Gasteiger partial charge in [0.05, 0.1) is 18.8 Å². The highest BCUT2D eigenvalue weighted by molar-refractivity contribution is 5.96. The van der Waals surface area contributed by atoms with E-state index in [1.165, 1.54) is 13.3 Å². The standard InChI is InChI=1S/C9H8N2O2.C2H6O/c1-13-9(12)7-6-10-11-5-3-2-4-8(7)11;1-2-3/h2-6H,1H3;3H,2H2,1H3. The lowest BCUT2D eigenvalue weighted by molar-refractivity contribution is 0.0603. The summed E-state index contributed by atoms with van der Waals surface area (Å²) in [7, 11) is 1.36. The van der Waals surface area contributed by atoms with Gasteiger partial charge >= 0.3 is 5.97 Å². The molecule has 0 aromatic carbocycles. The quantitative estimate of drug-likeness (QED) is 0.734. The van der Waals surface area contributed by atoms with Crippen LogP contribution >= 0.6 is 0 Å². The molecule has 0 saturated heterocycles. The minimum absolute atomic E-state index is 0.250. The summed E-state index contributed by atoms with van der Waals surface area (Å²) in [6, 6.07) is 5.52. The second kappa shape index (κ2) is 5.87. The third-order valence-electron chi connectivity index (χ3n) is 1.83. The highest BCUT2D eigenvalue weighted by atomic mass is 16.5. The van der Waals surface area contributed by atoms with E-state index in [0.29, 0.717) is 5.56 Å². The molecule has 2 aromatic heterocycles. The number of rotatable bonds is 1. The second-order valence-corrected chi connectivity index (χ2v) is 2.90. The summed E-state index contributed by atoms with van der Waals surface area (Å²) in [5.74, 6) is -0.360. The molecule has 0 saturated carbocycles. The molecule has 0 aliphatic heterocycles. The number of aliphatic hydroxyl groups is 1. The number of aliphatic hydroxyl groups excluding tert-OH is 1. The van der Waals surface area contributed by atoms with E-state index < -0.39 is 0 Å². The summed E-state index contributed by atoms with van der Waals surface area (Å²) >= 11 is 0. The molecular formula is C11H14N2O3. The molecule has 16 heavy (non-hydrogen) atoms. The number of esters is 1. The lowest BCUT2D eigenvalue weighted by Crippen LogP contribution is -1.99. The van der Waals surface area contributed by atoms with Crippen molar-refractivity contribution in [3.63, 3.8) is 0 Å². The fourth-order valence-electron chi connectivity index (χ4n) is 1.20. The minimum atomic E-state index is -0.360. The van der Waals surface area contributed by atoms with Gasteiger partial charge in [-0.1, -0.05) is 6.07 Å². The van der Waals surface area contributed by atoms with Crippen LogP contribution in [-0.4, -0.2) is 34.4 Å². The summed E-state index contributed by atoms with van der Waals surface area (Å²) in [5, 5.41) is 11.6. The van der Waals surface area contributed by atoms with Crippen LogP contribution in [0.15, 0.2) is 30.6 Å². The number of fused-ring (bicyclic) bond motifs is 1. The number of hydrogen-bond donors (Lipinski definition) is 1. The van der Waals surface area contributed by atoms with Crippen LogP contribution in [0.5, 0.6) is 0 Å². The molecule has 5 nitrogen and oxygen atoms in total. The Bertz CT molecular complexity index is 465. The molecule has 0 radical (unpaired) electrons. The Balaban J connectivity index is 0.000000386. The van der Waals surface area contributed by atoms with Gasteiger partial charge in [0.1, 0.15) is 5.56 Å². The zero-order chi connectivity index (χ0) is 12.0. The maximum absolute atomic E-state index is 11.2. The molecule has 1 N–H and O–H groups in total. The molecule has 0 aliphatic carbocycles. The molecule has 2 aromatic rings. The zero-order valence-corrected chi connectivity index (χ0v) is 9.25. The number of aromatic nitrogens is 2. The first-order valence-corrected chi connectivity index (χ1v) is 4.86. The molecule has 0 amide bonds. The van der Waals surface area contributed by atoms with Crippen LogP contribution in [0.4, 0.5) is 0 Å². The number of carbonyl (C=O) groups excluding carboxylic acids is 1. The highest BCUT2D eigenvalue weighted by Gasteiger charge is 2.11. The Kier molecular flexibility index (Phi) is 4.47. The van der Waals surface area contributed by atoms with Crippen molar-refractivity contribution in [1.29, 1.82) is 0 Å². The molecule has 2 rings (SSSR count). The average Bonchev–Trinajstić information content (AvgIpc) is 2.73. The summed E-state index contributed by atoms with van der Waals surface area (Å²) in [5.41, 5.74) is 1.25. The zero-order valence-electron chi connectivity index (χ0n) is 9.25. The van der Waals surface area contributed by atoms with Gasteiger partial charge in [-0.25, -0.2) is 9.31 Å². The van der Waals surface area contributed by atoms with E-state index >= 15 is 0 Å². The Hall–Kier alpha value is -1.88. The fourth-order valence-corrected chi connectivity index (χ4v) is 1.20. The lowest BCUT2D eigenvalue weighted by Gasteiger charge is -1.95. The van der Waals surface area contributed by atoms with E-state index in [1.54, 1.807) is 17.6 Å². The largest absolute Gasteiger partial charge is 0.465 e. The van der Waals surface area contributed by atoms with E-state index in [9.17, 15) is 4.79 Å². The van der Waals surface area contributed by atoms with E-state index in [2.05, 4.69) is 9.84 Å². The van der Waals surface area contributed by atoms with Gasteiger partial charge in [0.15, 0.2) is 0 Å². The van der Waals surface area contributed by atoms with Crippen LogP contribution in [0, 0.1) is 0 Å². The summed E-state index contributed by atoms with van der Waals surface area (Å²) < 4.78 is 6.24. The Morgan fingerprint density at radius 2 is 2.25 bits per heavy atom. The minimum Gasteiger partial charge on any atom is -0.465 e. The smallest absolute Gasteiger partial charge is 0.341 e. The summed E-state index contributed by atoms with van der Waals surface area (Å²) in [6.07, 6.45) is 3.28. The topological polar surface area (TPSA) is 63.8 Å². The molecule has 86 valence electrons. The van der Waals surface area contributed by atoms with Crippen LogP contribution in [0.1, 0.15) is 17.3 Å². The molecule has 0 spiro atoms. The molecule has 2 heterocycles. The fraction of sp³-hybridized carbons (Fsp3) is 0.273. The van der Waals surface area contributed by atoms with Crippen molar-refractivity contribution >= 4 is 11.5 Å². The van der Waals surface area contributed by atoms with Crippen molar-refractivity contribution in [3.05, 3.63) is 36.2 Å². The molecule has 5 heteroatoms. The second-order valence-electron chi connectivity index (χ2n) is 2.90. The van der Waals surface area contributed by atoms with Gasteiger partial charge in [-0.05, 0) is 19.1 Å². The predicted octanol–water partition coefficient (Wildman–Crippen LogP) is 1.12. The third-order valence-corrected chi connectivity index (χ3v) is 1.83. The molecule has 0 unspecified atom stereocenters. The molecule has 0 aliphatic rings. The van der Waals surface area contributed by atoms with Crippen molar-refractivity contribution in [1.82, 2.24) is 9.61 Å². The monoisotopic (exact) mass is 222 g/mol. The van der Waals surface area contributed by atoms with Crippen LogP contribution in [0.2, 0.25) is 0 Å². The Morgan fingerprint density at radius 3 is 2.88 bits per heavy atom. The number of pyridine rings is 1. The van der Waals surface area contributed by atoms with Gasteiger partial charge in [-0.3, -0.25) is 0 Å². The van der Waals surface area contributed by atoms with Crippen molar-refractivity contribution in [2.75, 3.05) is 13.7 Å². The van der Waals surface area contributed by atoms with Gasteiger partial charge < -0.3 is 9.84 Å². The first-order chi connectivity index (χ1) is 7.74. The Labute approximate surface area is 93.3 Å². The van der Waals surface area contributed by atoms with Crippen LogP contribution in [0.25, 0.3) is 5.52 Å². The molecule has 0 bridgehead atoms. The van der Waals surface area contributed by atoms with Gasteiger partial charge in [-0.2, -0.15) is 5.10 Å². The lowest BCUT2D eigenvalue weighted by atomic mass is 10.3. The van der Waals surface area contributed by atoms with Gasteiger partial charge in [0.2, 0.25) is 0 Å². The normalized spacial score (nSPS) is 9.44. The molecular weight excluding hydrogens is 208 g/mol. The summed E-state index contributed by atoms with van der Waals surface area (Å²) in [6.45, 7) is 1.93. The van der Waals surface area contributed by atoms with Gasteiger partial charge in [0, 0.05) is 12.8 Å². The first kappa shape index (κ1) is 12.2. The van der Waals surface area contributed by atoms with Gasteiger partial charge in [-0.15, -0.1) is 0 Å². The van der Waals surface area contributed by atoms with E-state index in [4.69, 9.17) is 5.11 Å². The third kappa shape index (κ3) is 2.58. The molecule has 0 fully saturated rings. The van der Waals surface area contributed by atoms with E-state index in [1.807, 2.05) is 18.2 Å². The van der Waals surface area contributed by atoms with Gasteiger partial charge in [0.25, 0.3) is 0 Å². The van der Waals surface area contributed by atoms with Crippen LogP contribution < -0.4 is 0 Å². The number of methoxy groups -OCH3 is 1. The number of hydrogen-bond acceptors (Lipinski definition) is 4. The first-order valence-electron chi connectivity index (χ1n) is 4.86. The van der Waals surface area contributed by atoms with Crippen LogP contribution in [0.3, 0.4) is 0 Å². The van der Waals surface area contributed by atoms with E-state index in [0.717, 1.165) is 5.52 Å². The maximum atomic E-state index is 11.2. The summed E-state index contributed by atoms with van der Waals surface area (Å²) in [4.78, 5) is 11.2. The van der Waals surface area contributed by atoms with Crippen molar-refractivity contribution in [2.24, 2.45) is 0 Å². The molecule has 0 atom stereocenters. The number of nitrogens with zero attached hydrogens (tertiary/aromatic N) is 2. The Morgan fingerprint density at radius 1 is 1.56 bits per heavy atom. The van der Waals surface area contributed by atoms with Crippen molar-refractivity contribution in [3.8, 4) is 0 Å². The number of ether oxygens (including phenoxy) is 1. The van der Waals surface area contributed by atoms with E-state index in [-0.39, 0.29) is 12.6 Å². The van der Waals surface area contributed by atoms with Crippen molar-refractivity contribution in [2.45, 2.75) is 6.92 Å². The maximum Gasteiger partial charge on any atom is 0.341 e. The number of carbonyl (C=O) groups is 1. The van der Waals surface area contributed by atoms with Crippen molar-refractivity contribution < 1.29 is 14.6 Å². The predicted molar refractivity (Wildman–Crippen MR) is 59.3 cm³/mol. The van der Waals surface area contributed by atoms with Crippen LogP contribution in [-0.2, 0) is 4.74 Å². The highest BCUT2D eigenvalue weighted by Crippen LogP contribution is 2.10. The average molecular weight is 222 g/mol. The SMILES string of the molecule is CCO.COC(=O)c1cnn2ccccc12.